The number of nitrogens with one attached hydrogen (secondary N) is 3. The van der Waals surface area contributed by atoms with Gasteiger partial charge in [0.15, 0.2) is 6.04 Å². The van der Waals surface area contributed by atoms with Gasteiger partial charge in [0.2, 0.25) is 0 Å². The molecule has 0 fully saturated rings. The number of nitrogen functional groups attached to an aromatic ring is 1. The molecule has 6 nitrogen and oxygen atoms in total. The summed E-state index contributed by atoms with van der Waals surface area (Å²) < 4.78 is 0. The van der Waals surface area contributed by atoms with E-state index >= 15 is 0 Å². The third-order valence-corrected chi connectivity index (χ3v) is 4.04. The summed E-state index contributed by atoms with van der Waals surface area (Å²) in [5.74, 6) is -0.973. The third-order valence-electron chi connectivity index (χ3n) is 4.04. The van der Waals surface area contributed by atoms with E-state index in [2.05, 4.69) is 24.5 Å². The van der Waals surface area contributed by atoms with Gasteiger partial charge in [-0.1, -0.05) is 19.1 Å². The molecule has 0 saturated heterocycles. The van der Waals surface area contributed by atoms with Crippen molar-refractivity contribution >= 4 is 23.2 Å². The molecule has 6 N–H and O–H groups in total. The van der Waals surface area contributed by atoms with Crippen LogP contribution in [0, 0.1) is 5.41 Å². The van der Waals surface area contributed by atoms with Gasteiger partial charge in [-0.05, 0) is 61.7 Å². The molecule has 138 valence electrons. The lowest BCUT2D eigenvalue weighted by Gasteiger charge is -2.20. The highest BCUT2D eigenvalue weighted by atomic mass is 16.4. The second-order valence-corrected chi connectivity index (χ2v) is 6.48. The fraction of sp³-hybridized carbons (Fsp3) is 0.300. The first-order chi connectivity index (χ1) is 12.3. The van der Waals surface area contributed by atoms with Crippen LogP contribution in [0.4, 0.5) is 11.4 Å². The molecule has 26 heavy (non-hydrogen) atoms. The van der Waals surface area contributed by atoms with Gasteiger partial charge in [-0.15, -0.1) is 0 Å². The summed E-state index contributed by atoms with van der Waals surface area (Å²) in [7, 11) is 0. The normalized spacial score (nSPS) is 11.8. The van der Waals surface area contributed by atoms with Gasteiger partial charge in [0, 0.05) is 23.0 Å². The van der Waals surface area contributed by atoms with Gasteiger partial charge < -0.3 is 21.5 Å². The van der Waals surface area contributed by atoms with Crippen molar-refractivity contribution in [2.45, 2.75) is 39.3 Å². The molecule has 0 aromatic heterocycles. The van der Waals surface area contributed by atoms with Gasteiger partial charge in [-0.25, -0.2) is 4.79 Å². The standard InChI is InChI=1S/C20H26N4O2/c1-4-13-11-15(7-10-17(13)23-12(2)3)18(20(25)26)24-16-8-5-14(6-9-16)19(21)22/h5-12,18,23-24H,4H2,1-3H3,(H3,21,22)(H,25,26). The van der Waals surface area contributed by atoms with E-state index in [0.29, 0.717) is 22.9 Å². The minimum Gasteiger partial charge on any atom is -0.479 e. The quantitative estimate of drug-likeness (QED) is 0.367. The molecule has 0 heterocycles. The molecule has 1 atom stereocenters. The van der Waals surface area contributed by atoms with Crippen LogP contribution in [0.5, 0.6) is 0 Å². The van der Waals surface area contributed by atoms with E-state index in [9.17, 15) is 9.90 Å². The molecule has 1 unspecified atom stereocenters. The maximum Gasteiger partial charge on any atom is 0.330 e. The molecule has 0 aliphatic heterocycles. The van der Waals surface area contributed by atoms with Crippen molar-refractivity contribution in [2.75, 3.05) is 10.6 Å². The Labute approximate surface area is 153 Å². The SMILES string of the molecule is CCc1cc(C(Nc2ccc(C(=N)N)cc2)C(=O)O)ccc1NC(C)C. The molecule has 6 heteroatoms. The molecule has 2 aromatic carbocycles. The Morgan fingerprint density at radius 2 is 1.81 bits per heavy atom. The van der Waals surface area contributed by atoms with E-state index in [0.717, 1.165) is 17.7 Å². The molecule has 0 aliphatic carbocycles. The number of benzene rings is 2. The Kier molecular flexibility index (Phi) is 6.22. The van der Waals surface area contributed by atoms with Gasteiger partial charge in [0.05, 0.1) is 0 Å². The number of carbonyl (C=O) groups is 1. The zero-order valence-electron chi connectivity index (χ0n) is 15.3. The van der Waals surface area contributed by atoms with Gasteiger partial charge in [0.25, 0.3) is 0 Å². The van der Waals surface area contributed by atoms with E-state index < -0.39 is 12.0 Å². The number of rotatable bonds is 8. The number of carboxylic acid groups (broad SMARTS) is 1. The lowest BCUT2D eigenvalue weighted by molar-refractivity contribution is -0.138. The minimum atomic E-state index is -0.952. The maximum absolute atomic E-state index is 11.8. The number of anilines is 2. The number of carboxylic acids is 1. The Balaban J connectivity index is 2.29. The first-order valence-corrected chi connectivity index (χ1v) is 8.65. The van der Waals surface area contributed by atoms with E-state index in [-0.39, 0.29) is 5.84 Å². The molecular weight excluding hydrogens is 328 g/mol. The van der Waals surface area contributed by atoms with Crippen LogP contribution < -0.4 is 16.4 Å². The van der Waals surface area contributed by atoms with Crippen molar-refractivity contribution in [1.82, 2.24) is 0 Å². The summed E-state index contributed by atoms with van der Waals surface area (Å²) in [5.41, 5.74) is 9.50. The van der Waals surface area contributed by atoms with Crippen LogP contribution in [0.15, 0.2) is 42.5 Å². The number of aliphatic carboxylic acids is 1. The van der Waals surface area contributed by atoms with E-state index in [1.54, 1.807) is 24.3 Å². The fourth-order valence-corrected chi connectivity index (χ4v) is 2.74. The summed E-state index contributed by atoms with van der Waals surface area (Å²) in [6.45, 7) is 6.19. The summed E-state index contributed by atoms with van der Waals surface area (Å²) in [6, 6.07) is 12.0. The van der Waals surface area contributed by atoms with Gasteiger partial charge in [0.1, 0.15) is 5.84 Å². The van der Waals surface area contributed by atoms with Crippen LogP contribution in [-0.2, 0) is 11.2 Å². The highest BCUT2D eigenvalue weighted by Gasteiger charge is 2.21. The highest BCUT2D eigenvalue weighted by molar-refractivity contribution is 5.95. The van der Waals surface area contributed by atoms with E-state index in [1.807, 2.05) is 25.1 Å². The van der Waals surface area contributed by atoms with Crippen LogP contribution in [0.25, 0.3) is 0 Å². The predicted molar refractivity (Wildman–Crippen MR) is 106 cm³/mol. The van der Waals surface area contributed by atoms with E-state index in [4.69, 9.17) is 11.1 Å². The Hall–Kier alpha value is -3.02. The monoisotopic (exact) mass is 354 g/mol. The zero-order chi connectivity index (χ0) is 19.3. The zero-order valence-corrected chi connectivity index (χ0v) is 15.3. The molecule has 2 rings (SSSR count). The molecule has 0 spiro atoms. The van der Waals surface area contributed by atoms with Crippen molar-refractivity contribution in [3.63, 3.8) is 0 Å². The van der Waals surface area contributed by atoms with Crippen molar-refractivity contribution in [3.8, 4) is 0 Å². The predicted octanol–water partition coefficient (Wildman–Crippen LogP) is 3.59. The van der Waals surface area contributed by atoms with Crippen LogP contribution in [0.2, 0.25) is 0 Å². The molecule has 0 radical (unpaired) electrons. The summed E-state index contributed by atoms with van der Waals surface area (Å²) in [5, 5.41) is 23.5. The number of nitrogens with two attached hydrogens (primary N) is 1. The first-order valence-electron chi connectivity index (χ1n) is 8.65. The Morgan fingerprint density at radius 1 is 1.15 bits per heavy atom. The molecule has 0 saturated carbocycles. The summed E-state index contributed by atoms with van der Waals surface area (Å²) in [6.07, 6.45) is 0.808. The average molecular weight is 354 g/mol. The number of aryl methyl sites for hydroxylation is 1. The fourth-order valence-electron chi connectivity index (χ4n) is 2.74. The van der Waals surface area contributed by atoms with Gasteiger partial charge in [-0.2, -0.15) is 0 Å². The molecular formula is C20H26N4O2. The number of amidine groups is 1. The second kappa shape index (κ2) is 8.38. The van der Waals surface area contributed by atoms with Crippen molar-refractivity contribution in [2.24, 2.45) is 5.73 Å². The molecule has 0 aliphatic rings. The second-order valence-electron chi connectivity index (χ2n) is 6.48. The van der Waals surface area contributed by atoms with E-state index in [1.165, 1.54) is 0 Å². The topological polar surface area (TPSA) is 111 Å². The Morgan fingerprint density at radius 3 is 2.31 bits per heavy atom. The minimum absolute atomic E-state index is 0.0211. The summed E-state index contributed by atoms with van der Waals surface area (Å²) >= 11 is 0. The summed E-state index contributed by atoms with van der Waals surface area (Å²) in [4.78, 5) is 11.8. The molecule has 2 aromatic rings. The smallest absolute Gasteiger partial charge is 0.330 e. The van der Waals surface area contributed by atoms with Gasteiger partial charge >= 0.3 is 5.97 Å². The lowest BCUT2D eigenvalue weighted by Crippen LogP contribution is -2.21. The number of hydrogen-bond donors (Lipinski definition) is 5. The molecule has 0 bridgehead atoms. The largest absolute Gasteiger partial charge is 0.479 e. The first kappa shape index (κ1) is 19.3. The van der Waals surface area contributed by atoms with Gasteiger partial charge in [-0.3, -0.25) is 5.41 Å². The lowest BCUT2D eigenvalue weighted by atomic mass is 10.00. The van der Waals surface area contributed by atoms with Crippen molar-refractivity contribution in [1.29, 1.82) is 5.41 Å². The van der Waals surface area contributed by atoms with Crippen molar-refractivity contribution < 1.29 is 9.90 Å². The van der Waals surface area contributed by atoms with Crippen molar-refractivity contribution in [3.05, 3.63) is 59.2 Å². The third kappa shape index (κ3) is 4.75. The van der Waals surface area contributed by atoms with Crippen LogP contribution in [0.3, 0.4) is 0 Å². The maximum atomic E-state index is 11.8. The van der Waals surface area contributed by atoms with Crippen LogP contribution in [-0.4, -0.2) is 23.0 Å². The number of hydrogen-bond acceptors (Lipinski definition) is 4. The molecule has 0 amide bonds. The van der Waals surface area contributed by atoms with Crippen LogP contribution >= 0.6 is 0 Å². The average Bonchev–Trinajstić information content (AvgIpc) is 2.59. The van der Waals surface area contributed by atoms with Crippen LogP contribution in [0.1, 0.15) is 43.5 Å². The highest BCUT2D eigenvalue weighted by Crippen LogP contribution is 2.26. The Bertz CT molecular complexity index is 785.